The van der Waals surface area contributed by atoms with Crippen LogP contribution in [-0.4, -0.2) is 10.9 Å². The number of thiazole rings is 1. The summed E-state index contributed by atoms with van der Waals surface area (Å²) in [6.45, 7) is 3.46. The first kappa shape index (κ1) is 16.5. The van der Waals surface area contributed by atoms with Crippen LogP contribution in [0.25, 0.3) is 11.3 Å². The van der Waals surface area contributed by atoms with Gasteiger partial charge in [0.1, 0.15) is 0 Å². The van der Waals surface area contributed by atoms with Crippen molar-refractivity contribution in [1.82, 2.24) is 4.98 Å². The Labute approximate surface area is 149 Å². The number of benzene rings is 2. The number of halogens is 1. The molecule has 0 fully saturated rings. The number of hydrogen-bond donors (Lipinski definition) is 2. The third-order valence-corrected chi connectivity index (χ3v) is 4.57. The molecule has 0 bridgehead atoms. The molecule has 3 aromatic rings. The molecule has 0 spiro atoms. The first-order valence-electron chi connectivity index (χ1n) is 7.38. The monoisotopic (exact) mass is 357 g/mol. The number of nitrogens with one attached hydrogen (secondary N) is 2. The van der Waals surface area contributed by atoms with Gasteiger partial charge in [-0.2, -0.15) is 0 Å². The maximum Gasteiger partial charge on any atom is 0.221 e. The van der Waals surface area contributed by atoms with Gasteiger partial charge in [-0.3, -0.25) is 4.79 Å². The fraction of sp³-hybridized carbons (Fsp3) is 0.111. The van der Waals surface area contributed by atoms with Crippen LogP contribution in [-0.2, 0) is 4.79 Å². The number of amides is 1. The Kier molecular flexibility index (Phi) is 4.83. The molecule has 1 amide bonds. The molecule has 4 nitrogen and oxygen atoms in total. The Balaban J connectivity index is 1.79. The van der Waals surface area contributed by atoms with Gasteiger partial charge in [0.05, 0.1) is 5.69 Å². The molecule has 1 aromatic heterocycles. The smallest absolute Gasteiger partial charge is 0.221 e. The topological polar surface area (TPSA) is 54.0 Å². The van der Waals surface area contributed by atoms with E-state index in [1.807, 2.05) is 54.8 Å². The van der Waals surface area contributed by atoms with E-state index in [2.05, 4.69) is 15.6 Å². The second kappa shape index (κ2) is 7.03. The van der Waals surface area contributed by atoms with Crippen molar-refractivity contribution in [2.24, 2.45) is 0 Å². The van der Waals surface area contributed by atoms with Gasteiger partial charge in [0, 0.05) is 34.3 Å². The Hall–Kier alpha value is -2.37. The molecule has 24 heavy (non-hydrogen) atoms. The summed E-state index contributed by atoms with van der Waals surface area (Å²) >= 11 is 7.60. The van der Waals surface area contributed by atoms with Gasteiger partial charge in [0.25, 0.3) is 0 Å². The maximum absolute atomic E-state index is 11.1. The van der Waals surface area contributed by atoms with Crippen LogP contribution in [0.4, 0.5) is 16.5 Å². The summed E-state index contributed by atoms with van der Waals surface area (Å²) < 4.78 is 0. The van der Waals surface area contributed by atoms with Gasteiger partial charge in [-0.1, -0.05) is 23.7 Å². The number of anilines is 3. The first-order chi connectivity index (χ1) is 11.5. The number of aryl methyl sites for hydroxylation is 1. The predicted octanol–water partition coefficient (Wildman–Crippen LogP) is 5.47. The van der Waals surface area contributed by atoms with Crippen LogP contribution >= 0.6 is 22.9 Å². The minimum atomic E-state index is -0.0956. The normalized spacial score (nSPS) is 10.5. The van der Waals surface area contributed by atoms with E-state index in [4.69, 9.17) is 11.6 Å². The van der Waals surface area contributed by atoms with Crippen LogP contribution in [0.5, 0.6) is 0 Å². The lowest BCUT2D eigenvalue weighted by Gasteiger charge is -2.06. The highest BCUT2D eigenvalue weighted by Crippen LogP contribution is 2.29. The van der Waals surface area contributed by atoms with E-state index in [1.54, 1.807) is 0 Å². The lowest BCUT2D eigenvalue weighted by molar-refractivity contribution is -0.114. The van der Waals surface area contributed by atoms with E-state index in [0.717, 1.165) is 38.3 Å². The minimum Gasteiger partial charge on any atom is -0.331 e. The van der Waals surface area contributed by atoms with Crippen molar-refractivity contribution < 1.29 is 4.79 Å². The van der Waals surface area contributed by atoms with E-state index >= 15 is 0 Å². The number of rotatable bonds is 4. The molecule has 6 heteroatoms. The van der Waals surface area contributed by atoms with Crippen LogP contribution in [0.1, 0.15) is 12.5 Å². The van der Waals surface area contributed by atoms with E-state index in [1.165, 1.54) is 18.3 Å². The maximum atomic E-state index is 11.1. The van der Waals surface area contributed by atoms with Crippen molar-refractivity contribution in [2.45, 2.75) is 13.8 Å². The zero-order chi connectivity index (χ0) is 17.1. The first-order valence-corrected chi connectivity index (χ1v) is 8.64. The molecule has 3 rings (SSSR count). The lowest BCUT2D eigenvalue weighted by atomic mass is 10.1. The fourth-order valence-corrected chi connectivity index (χ4v) is 3.13. The van der Waals surface area contributed by atoms with Gasteiger partial charge in [-0.25, -0.2) is 4.98 Å². The van der Waals surface area contributed by atoms with Gasteiger partial charge < -0.3 is 10.6 Å². The number of aromatic nitrogens is 1. The van der Waals surface area contributed by atoms with E-state index in [9.17, 15) is 4.79 Å². The van der Waals surface area contributed by atoms with Gasteiger partial charge in [-0.15, -0.1) is 11.3 Å². The standard InChI is InChI=1S/C18H16ClN3OS/c1-11-8-13(6-7-16(11)19)17-10-24-18(22-17)21-15-5-3-4-14(9-15)20-12(2)23/h3-10H,1-2H3,(H,20,23)(H,21,22). The SMILES string of the molecule is CC(=O)Nc1cccc(Nc2nc(-c3ccc(Cl)c(C)c3)cs2)c1. The predicted molar refractivity (Wildman–Crippen MR) is 101 cm³/mol. The summed E-state index contributed by atoms with van der Waals surface area (Å²) in [5.41, 5.74) is 4.58. The Bertz CT molecular complexity index is 891. The van der Waals surface area contributed by atoms with Crippen molar-refractivity contribution in [2.75, 3.05) is 10.6 Å². The summed E-state index contributed by atoms with van der Waals surface area (Å²) in [5.74, 6) is -0.0956. The van der Waals surface area contributed by atoms with Crippen LogP contribution in [0.3, 0.4) is 0 Å². The zero-order valence-corrected chi connectivity index (χ0v) is 14.8. The largest absolute Gasteiger partial charge is 0.331 e. The highest BCUT2D eigenvalue weighted by atomic mass is 35.5. The van der Waals surface area contributed by atoms with E-state index < -0.39 is 0 Å². The summed E-state index contributed by atoms with van der Waals surface area (Å²) in [5, 5.41) is 9.57. The summed E-state index contributed by atoms with van der Waals surface area (Å²) in [6, 6.07) is 13.4. The average Bonchev–Trinajstić information content (AvgIpc) is 2.98. The quantitative estimate of drug-likeness (QED) is 0.650. The molecule has 2 N–H and O–H groups in total. The summed E-state index contributed by atoms with van der Waals surface area (Å²) in [7, 11) is 0. The molecule has 0 unspecified atom stereocenters. The highest BCUT2D eigenvalue weighted by molar-refractivity contribution is 7.14. The van der Waals surface area contributed by atoms with Crippen LogP contribution in [0.2, 0.25) is 5.02 Å². The van der Waals surface area contributed by atoms with Crippen molar-refractivity contribution in [3.05, 3.63) is 58.4 Å². The van der Waals surface area contributed by atoms with Crippen LogP contribution in [0, 0.1) is 6.92 Å². The Morgan fingerprint density at radius 2 is 1.96 bits per heavy atom. The van der Waals surface area contributed by atoms with Crippen molar-refractivity contribution in [1.29, 1.82) is 0 Å². The average molecular weight is 358 g/mol. The Morgan fingerprint density at radius 1 is 1.17 bits per heavy atom. The van der Waals surface area contributed by atoms with Crippen molar-refractivity contribution >= 4 is 45.4 Å². The molecule has 0 saturated carbocycles. The molecule has 0 aliphatic carbocycles. The van der Waals surface area contributed by atoms with Crippen LogP contribution in [0.15, 0.2) is 47.8 Å². The summed E-state index contributed by atoms with van der Waals surface area (Å²) in [6.07, 6.45) is 0. The third kappa shape index (κ3) is 3.93. The molecule has 0 saturated heterocycles. The third-order valence-electron chi connectivity index (χ3n) is 3.39. The number of carbonyl (C=O) groups excluding carboxylic acids is 1. The second-order valence-corrected chi connectivity index (χ2v) is 6.65. The zero-order valence-electron chi connectivity index (χ0n) is 13.3. The van der Waals surface area contributed by atoms with Gasteiger partial charge >= 0.3 is 0 Å². The van der Waals surface area contributed by atoms with E-state index in [0.29, 0.717) is 0 Å². The number of hydrogen-bond acceptors (Lipinski definition) is 4. The molecule has 0 atom stereocenters. The second-order valence-electron chi connectivity index (χ2n) is 5.39. The fourth-order valence-electron chi connectivity index (χ4n) is 2.27. The van der Waals surface area contributed by atoms with Gasteiger partial charge in [0.15, 0.2) is 5.13 Å². The van der Waals surface area contributed by atoms with Crippen molar-refractivity contribution in [3.63, 3.8) is 0 Å². The summed E-state index contributed by atoms with van der Waals surface area (Å²) in [4.78, 5) is 15.8. The van der Waals surface area contributed by atoms with Crippen LogP contribution < -0.4 is 10.6 Å². The Morgan fingerprint density at radius 3 is 2.71 bits per heavy atom. The number of carbonyl (C=O) groups is 1. The molecule has 1 heterocycles. The molecule has 0 aliphatic heterocycles. The molecule has 0 aliphatic rings. The van der Waals surface area contributed by atoms with Gasteiger partial charge in [0.2, 0.25) is 5.91 Å². The molecule has 122 valence electrons. The lowest BCUT2D eigenvalue weighted by Crippen LogP contribution is -2.05. The highest BCUT2D eigenvalue weighted by Gasteiger charge is 2.07. The minimum absolute atomic E-state index is 0.0956. The van der Waals surface area contributed by atoms with E-state index in [-0.39, 0.29) is 5.91 Å². The van der Waals surface area contributed by atoms with Gasteiger partial charge in [-0.05, 0) is 42.8 Å². The molecule has 2 aromatic carbocycles. The molecular formula is C18H16ClN3OS. The molecule has 0 radical (unpaired) electrons. The van der Waals surface area contributed by atoms with Crippen molar-refractivity contribution in [3.8, 4) is 11.3 Å². The molecular weight excluding hydrogens is 342 g/mol. The number of nitrogens with zero attached hydrogens (tertiary/aromatic N) is 1.